The molecule has 0 radical (unpaired) electrons. The van der Waals surface area contributed by atoms with Crippen LogP contribution in [0, 0.1) is 11.3 Å². The van der Waals surface area contributed by atoms with Gasteiger partial charge in [0.1, 0.15) is 0 Å². The number of nitrogens with one attached hydrogen (secondary N) is 1. The Morgan fingerprint density at radius 3 is 2.45 bits per heavy atom. The minimum absolute atomic E-state index is 0.0914. The minimum Gasteiger partial charge on any atom is -0.368 e. The maximum Gasteiger partial charge on any atom is 0.196 e. The van der Waals surface area contributed by atoms with Crippen LogP contribution in [0.25, 0.3) is 0 Å². The summed E-state index contributed by atoms with van der Waals surface area (Å²) < 4.78 is 0. The first-order valence-electron chi connectivity index (χ1n) is 7.40. The minimum atomic E-state index is -0.0914. The van der Waals surface area contributed by atoms with Crippen molar-refractivity contribution in [3.05, 3.63) is 65.2 Å². The van der Waals surface area contributed by atoms with Crippen LogP contribution in [0.3, 0.4) is 0 Å². The van der Waals surface area contributed by atoms with Crippen molar-refractivity contribution in [2.45, 2.75) is 0 Å². The fourth-order valence-corrected chi connectivity index (χ4v) is 2.78. The summed E-state index contributed by atoms with van der Waals surface area (Å²) >= 11 is 0. The van der Waals surface area contributed by atoms with Gasteiger partial charge in [0.15, 0.2) is 5.78 Å². The van der Waals surface area contributed by atoms with Crippen LogP contribution in [0.15, 0.2) is 48.5 Å². The van der Waals surface area contributed by atoms with Crippen LogP contribution >= 0.6 is 0 Å². The molecule has 1 aliphatic rings. The molecule has 110 valence electrons. The van der Waals surface area contributed by atoms with Gasteiger partial charge >= 0.3 is 0 Å². The first kappa shape index (κ1) is 14.3. The summed E-state index contributed by atoms with van der Waals surface area (Å²) in [4.78, 5) is 15.1. The van der Waals surface area contributed by atoms with Crippen molar-refractivity contribution in [3.8, 4) is 6.07 Å². The molecule has 4 nitrogen and oxygen atoms in total. The SMILES string of the molecule is N#Cc1cccc(N2CCNCC2)c1C(=O)c1ccccc1. The van der Waals surface area contributed by atoms with Gasteiger partial charge < -0.3 is 10.2 Å². The number of nitrogens with zero attached hydrogens (tertiary/aromatic N) is 2. The van der Waals surface area contributed by atoms with E-state index >= 15 is 0 Å². The molecule has 22 heavy (non-hydrogen) atoms. The van der Waals surface area contributed by atoms with Gasteiger partial charge in [-0.15, -0.1) is 0 Å². The molecule has 0 atom stereocenters. The Kier molecular flexibility index (Phi) is 4.17. The molecule has 0 aliphatic carbocycles. The molecule has 1 heterocycles. The first-order chi connectivity index (χ1) is 10.8. The molecular formula is C18H17N3O. The number of carbonyl (C=O) groups is 1. The number of rotatable bonds is 3. The highest BCUT2D eigenvalue weighted by atomic mass is 16.1. The van der Waals surface area contributed by atoms with Gasteiger partial charge in [-0.05, 0) is 12.1 Å². The molecule has 0 amide bonds. The lowest BCUT2D eigenvalue weighted by Gasteiger charge is -2.31. The molecule has 0 aromatic heterocycles. The molecule has 3 rings (SSSR count). The summed E-state index contributed by atoms with van der Waals surface area (Å²) in [5.74, 6) is -0.0914. The molecule has 2 aromatic rings. The fraction of sp³-hybridized carbons (Fsp3) is 0.222. The third-order valence-electron chi connectivity index (χ3n) is 3.88. The smallest absolute Gasteiger partial charge is 0.196 e. The van der Waals surface area contributed by atoms with Crippen molar-refractivity contribution in [2.75, 3.05) is 31.1 Å². The second-order valence-corrected chi connectivity index (χ2v) is 5.24. The van der Waals surface area contributed by atoms with Gasteiger partial charge in [0.05, 0.1) is 17.2 Å². The van der Waals surface area contributed by atoms with Gasteiger partial charge in [0, 0.05) is 37.4 Å². The zero-order valence-corrected chi connectivity index (χ0v) is 12.2. The standard InChI is InChI=1S/C18H17N3O/c19-13-15-7-4-8-16(21-11-9-20-10-12-21)17(15)18(22)14-5-2-1-3-6-14/h1-8,20H,9-12H2. The van der Waals surface area contributed by atoms with Crippen molar-refractivity contribution >= 4 is 11.5 Å². The maximum atomic E-state index is 12.9. The number of carbonyl (C=O) groups excluding carboxylic acids is 1. The average Bonchev–Trinajstić information content (AvgIpc) is 2.62. The molecule has 2 aromatic carbocycles. The third kappa shape index (κ3) is 2.72. The maximum absolute atomic E-state index is 12.9. The van der Waals surface area contributed by atoms with Crippen molar-refractivity contribution in [2.24, 2.45) is 0 Å². The molecule has 4 heteroatoms. The Morgan fingerprint density at radius 1 is 1.05 bits per heavy atom. The van der Waals surface area contributed by atoms with Crippen molar-refractivity contribution in [3.63, 3.8) is 0 Å². The van der Waals surface area contributed by atoms with E-state index in [4.69, 9.17) is 0 Å². The highest BCUT2D eigenvalue weighted by molar-refractivity contribution is 6.14. The number of ketones is 1. The summed E-state index contributed by atoms with van der Waals surface area (Å²) in [7, 11) is 0. The molecule has 0 saturated carbocycles. The monoisotopic (exact) mass is 291 g/mol. The lowest BCUT2D eigenvalue weighted by atomic mass is 9.96. The van der Waals surface area contributed by atoms with Gasteiger partial charge in [-0.1, -0.05) is 36.4 Å². The molecule has 1 aliphatic heterocycles. The van der Waals surface area contributed by atoms with E-state index in [9.17, 15) is 10.1 Å². The quantitative estimate of drug-likeness (QED) is 0.881. The molecule has 1 saturated heterocycles. The van der Waals surface area contributed by atoms with Crippen molar-refractivity contribution in [1.82, 2.24) is 5.32 Å². The first-order valence-corrected chi connectivity index (χ1v) is 7.40. The Morgan fingerprint density at radius 2 is 1.77 bits per heavy atom. The lowest BCUT2D eigenvalue weighted by Crippen LogP contribution is -2.44. The van der Waals surface area contributed by atoms with E-state index < -0.39 is 0 Å². The largest absolute Gasteiger partial charge is 0.368 e. The number of piperazine rings is 1. The van der Waals surface area contributed by atoms with Crippen LogP contribution in [0.4, 0.5) is 5.69 Å². The van der Waals surface area contributed by atoms with Gasteiger partial charge in [-0.3, -0.25) is 4.79 Å². The number of nitriles is 1. The predicted molar refractivity (Wildman–Crippen MR) is 86.1 cm³/mol. The van der Waals surface area contributed by atoms with Crippen LogP contribution in [0.2, 0.25) is 0 Å². The normalized spacial score (nSPS) is 14.4. The second-order valence-electron chi connectivity index (χ2n) is 5.24. The summed E-state index contributed by atoms with van der Waals surface area (Å²) in [6.07, 6.45) is 0. The van der Waals surface area contributed by atoms with E-state index in [1.54, 1.807) is 18.2 Å². The van der Waals surface area contributed by atoms with Crippen LogP contribution in [0.5, 0.6) is 0 Å². The van der Waals surface area contributed by atoms with Crippen LogP contribution in [0.1, 0.15) is 21.5 Å². The molecule has 1 fully saturated rings. The predicted octanol–water partition coefficient (Wildman–Crippen LogP) is 2.20. The molecule has 1 N–H and O–H groups in total. The van der Waals surface area contributed by atoms with Crippen LogP contribution in [-0.2, 0) is 0 Å². The molecule has 0 spiro atoms. The molecular weight excluding hydrogens is 274 g/mol. The van der Waals surface area contributed by atoms with Crippen molar-refractivity contribution < 1.29 is 4.79 Å². The second kappa shape index (κ2) is 6.42. The van der Waals surface area contributed by atoms with Gasteiger partial charge in [0.2, 0.25) is 0 Å². The zero-order chi connectivity index (χ0) is 15.4. The molecule has 0 bridgehead atoms. The van der Waals surface area contributed by atoms with E-state index in [0.29, 0.717) is 16.7 Å². The number of hydrogen-bond acceptors (Lipinski definition) is 4. The topological polar surface area (TPSA) is 56.1 Å². The third-order valence-corrected chi connectivity index (χ3v) is 3.88. The number of hydrogen-bond donors (Lipinski definition) is 1. The highest BCUT2D eigenvalue weighted by Gasteiger charge is 2.22. The van der Waals surface area contributed by atoms with E-state index in [1.165, 1.54) is 0 Å². The van der Waals surface area contributed by atoms with Crippen LogP contribution in [-0.4, -0.2) is 32.0 Å². The van der Waals surface area contributed by atoms with Crippen molar-refractivity contribution in [1.29, 1.82) is 5.26 Å². The average molecular weight is 291 g/mol. The van der Waals surface area contributed by atoms with Gasteiger partial charge in [0.25, 0.3) is 0 Å². The van der Waals surface area contributed by atoms with Crippen LogP contribution < -0.4 is 10.2 Å². The Labute approximate surface area is 130 Å². The Balaban J connectivity index is 2.08. The Bertz CT molecular complexity index is 713. The molecule has 0 unspecified atom stereocenters. The summed E-state index contributed by atoms with van der Waals surface area (Å²) in [5, 5.41) is 12.7. The summed E-state index contributed by atoms with van der Waals surface area (Å²) in [6.45, 7) is 3.44. The lowest BCUT2D eigenvalue weighted by molar-refractivity contribution is 0.103. The fourth-order valence-electron chi connectivity index (χ4n) is 2.78. The number of anilines is 1. The van der Waals surface area contributed by atoms with E-state index in [-0.39, 0.29) is 5.78 Å². The summed E-state index contributed by atoms with van der Waals surface area (Å²) in [5.41, 5.74) is 2.42. The van der Waals surface area contributed by atoms with E-state index in [1.807, 2.05) is 30.3 Å². The Hall–Kier alpha value is -2.64. The summed E-state index contributed by atoms with van der Waals surface area (Å²) in [6, 6.07) is 16.8. The highest BCUT2D eigenvalue weighted by Crippen LogP contribution is 2.27. The zero-order valence-electron chi connectivity index (χ0n) is 12.2. The van der Waals surface area contributed by atoms with E-state index in [0.717, 1.165) is 31.9 Å². The van der Waals surface area contributed by atoms with Gasteiger partial charge in [-0.2, -0.15) is 5.26 Å². The van der Waals surface area contributed by atoms with E-state index in [2.05, 4.69) is 16.3 Å². The van der Waals surface area contributed by atoms with Gasteiger partial charge in [-0.25, -0.2) is 0 Å². The number of benzene rings is 2.